The number of hydrogen-bond acceptors (Lipinski definition) is 0. The summed E-state index contributed by atoms with van der Waals surface area (Å²) in [7, 11) is 0. The van der Waals surface area contributed by atoms with E-state index in [1.807, 2.05) is 0 Å². The molecule has 0 saturated heterocycles. The zero-order valence-corrected chi connectivity index (χ0v) is 28.8. The summed E-state index contributed by atoms with van der Waals surface area (Å²) in [6.45, 7) is 6.99. The van der Waals surface area contributed by atoms with Gasteiger partial charge in [-0.2, -0.15) is 0 Å². The standard InChI is InChI=1S/C48H33BN2/c1-48(2,3)34-20-18-28(19-21-34)33-26-43-45-44(27-33)51-42-25-32-13-7-5-11-30(32)23-38(42)36-15-9-17-40(47(36)51)49(45)39-16-8-14-35-37-22-29-10-4-6-12-31(29)24-41(37)50(43)46(35)39/h4-27H,1-3H3. The fourth-order valence-electron chi connectivity index (χ4n) is 9.62. The first kappa shape index (κ1) is 27.7. The van der Waals surface area contributed by atoms with E-state index in [1.165, 1.54) is 110 Å². The van der Waals surface area contributed by atoms with Crippen molar-refractivity contribution in [3.05, 3.63) is 151 Å². The fourth-order valence-corrected chi connectivity index (χ4v) is 9.62. The van der Waals surface area contributed by atoms with Gasteiger partial charge in [0.15, 0.2) is 0 Å². The summed E-state index contributed by atoms with van der Waals surface area (Å²) in [5.41, 5.74) is 15.9. The van der Waals surface area contributed by atoms with Crippen LogP contribution in [-0.4, -0.2) is 15.8 Å². The Labute approximate surface area is 296 Å². The second-order valence-electron chi connectivity index (χ2n) is 15.8. The summed E-state index contributed by atoms with van der Waals surface area (Å²) in [5, 5.41) is 10.4. The molecule has 0 N–H and O–H groups in total. The summed E-state index contributed by atoms with van der Waals surface area (Å²) >= 11 is 0. The first-order valence-electron chi connectivity index (χ1n) is 18.1. The lowest BCUT2D eigenvalue weighted by Gasteiger charge is -2.34. The van der Waals surface area contributed by atoms with Crippen molar-refractivity contribution < 1.29 is 0 Å². The third-order valence-electron chi connectivity index (χ3n) is 12.0. The monoisotopic (exact) mass is 648 g/mol. The van der Waals surface area contributed by atoms with Gasteiger partial charge in [-0.15, -0.1) is 0 Å². The van der Waals surface area contributed by atoms with Crippen molar-refractivity contribution in [1.29, 1.82) is 0 Å². The maximum Gasteiger partial charge on any atom is 0.252 e. The number of fused-ring (bicyclic) bond motifs is 12. The van der Waals surface area contributed by atoms with Crippen LogP contribution < -0.4 is 16.4 Å². The van der Waals surface area contributed by atoms with Crippen LogP contribution in [0.3, 0.4) is 0 Å². The fraction of sp³-hybridized carbons (Fsp3) is 0.0833. The SMILES string of the molecule is CC(C)(C)c1ccc(-c2cc3c4c(c2)-n2c5cc6ccccc6cc5c5cccc(c52)B4c2cccc4c5cc6ccccc6cc5n-3c24)cc1. The van der Waals surface area contributed by atoms with Crippen molar-refractivity contribution in [2.24, 2.45) is 0 Å². The Morgan fingerprint density at radius 1 is 0.431 bits per heavy atom. The number of benzene rings is 8. The zero-order valence-electron chi connectivity index (χ0n) is 28.8. The molecule has 12 rings (SSSR count). The molecule has 0 bridgehead atoms. The van der Waals surface area contributed by atoms with Gasteiger partial charge in [-0.05, 0) is 96.4 Å². The van der Waals surface area contributed by atoms with E-state index < -0.39 is 0 Å². The highest BCUT2D eigenvalue weighted by Crippen LogP contribution is 2.42. The van der Waals surface area contributed by atoms with Crippen molar-refractivity contribution in [2.45, 2.75) is 26.2 Å². The van der Waals surface area contributed by atoms with Gasteiger partial charge in [0.05, 0.1) is 11.0 Å². The van der Waals surface area contributed by atoms with E-state index in [0.717, 1.165) is 0 Å². The summed E-state index contributed by atoms with van der Waals surface area (Å²) in [4.78, 5) is 0. The zero-order chi connectivity index (χ0) is 33.7. The molecule has 0 amide bonds. The first-order valence-corrected chi connectivity index (χ1v) is 18.1. The quantitative estimate of drug-likeness (QED) is 0.157. The smallest absolute Gasteiger partial charge is 0.252 e. The molecule has 0 spiro atoms. The van der Waals surface area contributed by atoms with Crippen LogP contribution in [0, 0.1) is 0 Å². The molecule has 0 unspecified atom stereocenters. The predicted octanol–water partition coefficient (Wildman–Crippen LogP) is 10.3. The lowest BCUT2D eigenvalue weighted by molar-refractivity contribution is 0.590. The Kier molecular flexibility index (Phi) is 5.10. The van der Waals surface area contributed by atoms with Gasteiger partial charge in [-0.25, -0.2) is 0 Å². The van der Waals surface area contributed by atoms with Crippen LogP contribution in [0.1, 0.15) is 26.3 Å². The molecular formula is C48H33BN2. The molecule has 51 heavy (non-hydrogen) atoms. The molecule has 0 fully saturated rings. The highest BCUT2D eigenvalue weighted by molar-refractivity contribution is 7.00. The minimum atomic E-state index is 0.0951. The van der Waals surface area contributed by atoms with E-state index in [-0.39, 0.29) is 12.1 Å². The van der Waals surface area contributed by atoms with Crippen molar-refractivity contribution in [3.63, 3.8) is 0 Å². The summed E-state index contributed by atoms with van der Waals surface area (Å²) in [6, 6.07) is 55.5. The third-order valence-corrected chi connectivity index (χ3v) is 12.0. The van der Waals surface area contributed by atoms with Gasteiger partial charge < -0.3 is 9.13 Å². The van der Waals surface area contributed by atoms with Crippen LogP contribution in [0.15, 0.2) is 146 Å². The molecule has 0 saturated carbocycles. The average molecular weight is 649 g/mol. The third kappa shape index (κ3) is 3.53. The maximum atomic E-state index is 2.60. The number of nitrogens with zero attached hydrogens (tertiary/aromatic N) is 2. The summed E-state index contributed by atoms with van der Waals surface area (Å²) < 4.78 is 5.20. The second kappa shape index (κ2) is 9.38. The Balaban J connectivity index is 1.28. The molecule has 4 heterocycles. The molecule has 0 aliphatic carbocycles. The van der Waals surface area contributed by atoms with Gasteiger partial charge in [0, 0.05) is 44.0 Å². The summed E-state index contributed by atoms with van der Waals surface area (Å²) in [6.07, 6.45) is 0. The van der Waals surface area contributed by atoms with Crippen molar-refractivity contribution in [2.75, 3.05) is 0 Å². The molecule has 238 valence electrons. The first-order chi connectivity index (χ1) is 24.9. The number of aromatic nitrogens is 2. The van der Waals surface area contributed by atoms with E-state index >= 15 is 0 Å². The molecule has 3 heteroatoms. The molecule has 0 atom stereocenters. The predicted molar refractivity (Wildman–Crippen MR) is 219 cm³/mol. The van der Waals surface area contributed by atoms with Gasteiger partial charge in [0.25, 0.3) is 6.71 Å². The van der Waals surface area contributed by atoms with Crippen LogP contribution in [0.2, 0.25) is 0 Å². The van der Waals surface area contributed by atoms with Crippen LogP contribution in [0.5, 0.6) is 0 Å². The normalized spacial score (nSPS) is 13.4. The lowest BCUT2D eigenvalue weighted by atomic mass is 9.34. The molecule has 10 aromatic rings. The van der Waals surface area contributed by atoms with Gasteiger partial charge in [-0.1, -0.05) is 130 Å². The Bertz CT molecular complexity index is 2990. The molecule has 2 aliphatic rings. The van der Waals surface area contributed by atoms with Crippen molar-refractivity contribution in [1.82, 2.24) is 9.13 Å². The summed E-state index contributed by atoms with van der Waals surface area (Å²) in [5.74, 6) is 0. The minimum Gasteiger partial charge on any atom is -0.310 e. The molecule has 2 aromatic heterocycles. The Morgan fingerprint density at radius 3 is 1.37 bits per heavy atom. The minimum absolute atomic E-state index is 0.0951. The largest absolute Gasteiger partial charge is 0.310 e. The highest BCUT2D eigenvalue weighted by Gasteiger charge is 2.41. The number of para-hydroxylation sites is 2. The van der Waals surface area contributed by atoms with E-state index in [0.29, 0.717) is 0 Å². The van der Waals surface area contributed by atoms with E-state index in [4.69, 9.17) is 0 Å². The van der Waals surface area contributed by atoms with Crippen molar-refractivity contribution >= 4 is 88.3 Å². The van der Waals surface area contributed by atoms with Gasteiger partial charge >= 0.3 is 0 Å². The average Bonchev–Trinajstić information content (AvgIpc) is 3.65. The topological polar surface area (TPSA) is 9.86 Å². The van der Waals surface area contributed by atoms with Gasteiger partial charge in [0.1, 0.15) is 0 Å². The molecule has 2 aliphatic heterocycles. The Morgan fingerprint density at radius 2 is 0.902 bits per heavy atom. The van der Waals surface area contributed by atoms with Crippen LogP contribution in [-0.2, 0) is 5.41 Å². The lowest BCUT2D eigenvalue weighted by Crippen LogP contribution is -2.59. The number of hydrogen-bond donors (Lipinski definition) is 0. The van der Waals surface area contributed by atoms with Gasteiger partial charge in [-0.3, -0.25) is 0 Å². The number of rotatable bonds is 1. The Hall–Kier alpha value is -6.06. The maximum absolute atomic E-state index is 2.60. The molecule has 0 radical (unpaired) electrons. The van der Waals surface area contributed by atoms with Crippen LogP contribution >= 0.6 is 0 Å². The highest BCUT2D eigenvalue weighted by atomic mass is 15.0. The molecule has 2 nitrogen and oxygen atoms in total. The van der Waals surface area contributed by atoms with Crippen LogP contribution in [0.25, 0.3) is 87.7 Å². The van der Waals surface area contributed by atoms with E-state index in [2.05, 4.69) is 175 Å². The second-order valence-corrected chi connectivity index (χ2v) is 15.8. The molecule has 8 aromatic carbocycles. The molecular weight excluding hydrogens is 615 g/mol. The van der Waals surface area contributed by atoms with Gasteiger partial charge in [0.2, 0.25) is 0 Å². The van der Waals surface area contributed by atoms with Crippen LogP contribution in [0.4, 0.5) is 0 Å². The van der Waals surface area contributed by atoms with E-state index in [1.54, 1.807) is 0 Å². The van der Waals surface area contributed by atoms with E-state index in [9.17, 15) is 0 Å². The van der Waals surface area contributed by atoms with Crippen molar-refractivity contribution in [3.8, 4) is 22.5 Å².